The topological polar surface area (TPSA) is 58.6 Å². The first-order valence-corrected chi connectivity index (χ1v) is 5.39. The van der Waals surface area contributed by atoms with E-state index in [0.29, 0.717) is 26.1 Å². The molecule has 1 aromatic carbocycles. The maximum atomic E-state index is 11.5. The molecule has 1 aromatic rings. The number of carbonyl (C=O) groups excluding carboxylic acids is 1. The zero-order valence-electron chi connectivity index (χ0n) is 8.98. The van der Waals surface area contributed by atoms with Crippen LogP contribution >= 0.6 is 0 Å². The van der Waals surface area contributed by atoms with Crippen LogP contribution in [0.2, 0.25) is 0 Å². The van der Waals surface area contributed by atoms with Gasteiger partial charge in [-0.05, 0) is 18.1 Å². The van der Waals surface area contributed by atoms with Crippen LogP contribution < -0.4 is 5.32 Å². The first-order chi connectivity index (χ1) is 7.75. The van der Waals surface area contributed by atoms with Crippen molar-refractivity contribution in [1.82, 2.24) is 5.32 Å². The molecule has 1 amide bonds. The van der Waals surface area contributed by atoms with Crippen molar-refractivity contribution in [2.24, 2.45) is 0 Å². The number of rotatable bonds is 4. The van der Waals surface area contributed by atoms with Gasteiger partial charge < -0.3 is 15.2 Å². The maximum absolute atomic E-state index is 11.5. The Morgan fingerprint density at radius 1 is 1.44 bits per heavy atom. The van der Waals surface area contributed by atoms with Crippen LogP contribution in [0.1, 0.15) is 12.0 Å². The monoisotopic (exact) mass is 221 g/mol. The number of para-hydroxylation sites is 1. The largest absolute Gasteiger partial charge is 0.508 e. The van der Waals surface area contributed by atoms with E-state index in [2.05, 4.69) is 5.32 Å². The second-order valence-corrected chi connectivity index (χ2v) is 3.93. The molecule has 1 aliphatic heterocycles. The van der Waals surface area contributed by atoms with E-state index in [4.69, 9.17) is 4.74 Å². The summed E-state index contributed by atoms with van der Waals surface area (Å²) in [6.45, 7) is 1.23. The molecule has 86 valence electrons. The molecule has 1 heterocycles. The Balaban J connectivity index is 1.78. The summed E-state index contributed by atoms with van der Waals surface area (Å²) in [7, 11) is 0. The van der Waals surface area contributed by atoms with Gasteiger partial charge in [0.2, 0.25) is 5.91 Å². The zero-order valence-corrected chi connectivity index (χ0v) is 8.98. The van der Waals surface area contributed by atoms with E-state index in [0.717, 1.165) is 5.56 Å². The summed E-state index contributed by atoms with van der Waals surface area (Å²) in [5, 5.41) is 12.4. The minimum atomic E-state index is 0.0107. The number of hydrogen-bond donors (Lipinski definition) is 2. The van der Waals surface area contributed by atoms with Crippen LogP contribution in [-0.2, 0) is 16.0 Å². The summed E-state index contributed by atoms with van der Waals surface area (Å²) < 4.78 is 4.96. The number of aromatic hydroxyl groups is 1. The lowest BCUT2D eigenvalue weighted by atomic mass is 10.1. The lowest BCUT2D eigenvalue weighted by Crippen LogP contribution is -2.48. The van der Waals surface area contributed by atoms with Crippen molar-refractivity contribution in [2.45, 2.75) is 18.9 Å². The number of nitrogens with one attached hydrogen (secondary N) is 1. The van der Waals surface area contributed by atoms with E-state index < -0.39 is 0 Å². The summed E-state index contributed by atoms with van der Waals surface area (Å²) in [6.07, 6.45) is 0.958. The van der Waals surface area contributed by atoms with E-state index in [-0.39, 0.29) is 17.7 Å². The van der Waals surface area contributed by atoms with E-state index in [1.54, 1.807) is 12.1 Å². The molecule has 0 aliphatic carbocycles. The van der Waals surface area contributed by atoms with Crippen LogP contribution in [0.25, 0.3) is 0 Å². The van der Waals surface area contributed by atoms with E-state index in [1.165, 1.54) is 0 Å². The fourth-order valence-electron chi connectivity index (χ4n) is 1.59. The van der Waals surface area contributed by atoms with Crippen molar-refractivity contribution >= 4 is 5.91 Å². The lowest BCUT2D eigenvalue weighted by molar-refractivity contribution is -0.125. The minimum Gasteiger partial charge on any atom is -0.508 e. The molecule has 0 radical (unpaired) electrons. The first-order valence-electron chi connectivity index (χ1n) is 5.39. The summed E-state index contributed by atoms with van der Waals surface area (Å²) >= 11 is 0. The van der Waals surface area contributed by atoms with Gasteiger partial charge in [-0.25, -0.2) is 0 Å². The molecule has 4 nitrogen and oxygen atoms in total. The molecule has 1 saturated heterocycles. The molecule has 2 rings (SSSR count). The molecule has 4 heteroatoms. The summed E-state index contributed by atoms with van der Waals surface area (Å²) in [6, 6.07) is 7.26. The fourth-order valence-corrected chi connectivity index (χ4v) is 1.59. The number of phenols is 1. The number of ether oxygens (including phenoxy) is 1. The van der Waals surface area contributed by atoms with Gasteiger partial charge in [0.05, 0.1) is 19.3 Å². The third-order valence-electron chi connectivity index (χ3n) is 2.62. The van der Waals surface area contributed by atoms with Crippen LogP contribution in [-0.4, -0.2) is 30.3 Å². The zero-order chi connectivity index (χ0) is 11.4. The predicted octanol–water partition coefficient (Wildman–Crippen LogP) is 0.840. The normalized spacial score (nSPS) is 15.5. The maximum Gasteiger partial charge on any atom is 0.220 e. The van der Waals surface area contributed by atoms with Gasteiger partial charge in [-0.15, -0.1) is 0 Å². The summed E-state index contributed by atoms with van der Waals surface area (Å²) in [5.41, 5.74) is 0.808. The molecule has 0 bridgehead atoms. The lowest BCUT2D eigenvalue weighted by Gasteiger charge is -2.26. The second kappa shape index (κ2) is 4.99. The van der Waals surface area contributed by atoms with Gasteiger partial charge in [0.25, 0.3) is 0 Å². The van der Waals surface area contributed by atoms with Crippen molar-refractivity contribution in [3.63, 3.8) is 0 Å². The highest BCUT2D eigenvalue weighted by atomic mass is 16.5. The third kappa shape index (κ3) is 2.73. The van der Waals surface area contributed by atoms with Crippen LogP contribution in [0.4, 0.5) is 0 Å². The Kier molecular flexibility index (Phi) is 3.41. The first kappa shape index (κ1) is 11.0. The number of aryl methyl sites for hydroxylation is 1. The molecule has 0 aromatic heterocycles. The average molecular weight is 221 g/mol. The standard InChI is InChI=1S/C12H15NO3/c14-11-4-2-1-3-9(11)5-6-12(15)13-10-7-16-8-10/h1-4,10,14H,5-8H2,(H,13,15). The molecule has 16 heavy (non-hydrogen) atoms. The van der Waals surface area contributed by atoms with Gasteiger partial charge in [-0.1, -0.05) is 18.2 Å². The molecule has 0 spiro atoms. The third-order valence-corrected chi connectivity index (χ3v) is 2.62. The van der Waals surface area contributed by atoms with Crippen molar-refractivity contribution in [2.75, 3.05) is 13.2 Å². The number of phenolic OH excluding ortho intramolecular Hbond substituents is 1. The highest BCUT2D eigenvalue weighted by molar-refractivity contribution is 5.76. The molecule has 0 saturated carbocycles. The molecule has 1 fully saturated rings. The highest BCUT2D eigenvalue weighted by Gasteiger charge is 2.19. The number of carbonyl (C=O) groups is 1. The van der Waals surface area contributed by atoms with E-state index in [9.17, 15) is 9.90 Å². The average Bonchev–Trinajstić information content (AvgIpc) is 2.22. The Labute approximate surface area is 94.2 Å². The van der Waals surface area contributed by atoms with Crippen molar-refractivity contribution in [1.29, 1.82) is 0 Å². The Hall–Kier alpha value is -1.55. The van der Waals surface area contributed by atoms with E-state index in [1.807, 2.05) is 12.1 Å². The quantitative estimate of drug-likeness (QED) is 0.792. The smallest absolute Gasteiger partial charge is 0.220 e. The molecule has 2 N–H and O–H groups in total. The van der Waals surface area contributed by atoms with Gasteiger partial charge in [-0.3, -0.25) is 4.79 Å². The minimum absolute atomic E-state index is 0.0107. The van der Waals surface area contributed by atoms with Crippen LogP contribution in [0.5, 0.6) is 5.75 Å². The fraction of sp³-hybridized carbons (Fsp3) is 0.417. The molecule has 1 aliphatic rings. The Morgan fingerprint density at radius 2 is 2.19 bits per heavy atom. The summed E-state index contributed by atoms with van der Waals surface area (Å²) in [5.74, 6) is 0.263. The number of benzene rings is 1. The second-order valence-electron chi connectivity index (χ2n) is 3.93. The van der Waals surface area contributed by atoms with Crippen molar-refractivity contribution in [3.05, 3.63) is 29.8 Å². The molecule has 0 atom stereocenters. The Morgan fingerprint density at radius 3 is 2.81 bits per heavy atom. The molecular formula is C12H15NO3. The van der Waals surface area contributed by atoms with Gasteiger partial charge in [0.1, 0.15) is 5.75 Å². The van der Waals surface area contributed by atoms with Gasteiger partial charge >= 0.3 is 0 Å². The van der Waals surface area contributed by atoms with Gasteiger partial charge in [0.15, 0.2) is 0 Å². The molecule has 0 unspecified atom stereocenters. The van der Waals surface area contributed by atoms with Crippen LogP contribution in [0.3, 0.4) is 0 Å². The van der Waals surface area contributed by atoms with E-state index >= 15 is 0 Å². The summed E-state index contributed by atoms with van der Waals surface area (Å²) in [4.78, 5) is 11.5. The molecular weight excluding hydrogens is 206 g/mol. The van der Waals surface area contributed by atoms with Gasteiger partial charge in [0, 0.05) is 6.42 Å². The van der Waals surface area contributed by atoms with Gasteiger partial charge in [-0.2, -0.15) is 0 Å². The Bertz CT molecular complexity index is 374. The van der Waals surface area contributed by atoms with Crippen molar-refractivity contribution < 1.29 is 14.6 Å². The SMILES string of the molecule is O=C(CCc1ccccc1O)NC1COC1. The number of amides is 1. The van der Waals surface area contributed by atoms with Crippen LogP contribution in [0, 0.1) is 0 Å². The van der Waals surface area contributed by atoms with Crippen molar-refractivity contribution in [3.8, 4) is 5.75 Å². The predicted molar refractivity (Wildman–Crippen MR) is 59.2 cm³/mol. The van der Waals surface area contributed by atoms with Crippen LogP contribution in [0.15, 0.2) is 24.3 Å². The highest BCUT2D eigenvalue weighted by Crippen LogP contribution is 2.17. The number of hydrogen-bond acceptors (Lipinski definition) is 3.